The molecule has 1 aliphatic heterocycles. The van der Waals surface area contributed by atoms with Gasteiger partial charge in [-0.15, -0.1) is 0 Å². The second kappa shape index (κ2) is 4.42. The third-order valence-corrected chi connectivity index (χ3v) is 4.07. The van der Waals surface area contributed by atoms with E-state index >= 15 is 0 Å². The van der Waals surface area contributed by atoms with Gasteiger partial charge < -0.3 is 9.72 Å². The molecule has 0 saturated carbocycles. The third-order valence-electron chi connectivity index (χ3n) is 3.49. The summed E-state index contributed by atoms with van der Waals surface area (Å²) in [6.45, 7) is 4.32. The van der Waals surface area contributed by atoms with Crippen LogP contribution in [0, 0.1) is 6.92 Å². The molecule has 2 aromatic heterocycles. The van der Waals surface area contributed by atoms with Gasteiger partial charge in [-0.1, -0.05) is 0 Å². The second-order valence-corrected chi connectivity index (χ2v) is 5.50. The molecule has 0 bridgehead atoms. The number of imidazole rings is 1. The normalized spacial score (nSPS) is 17.8. The predicted octanol–water partition coefficient (Wildman–Crippen LogP) is 2.87. The molecular weight excluding hydrogens is 278 g/mol. The molecule has 2 aromatic rings. The van der Waals surface area contributed by atoms with Gasteiger partial charge in [0.1, 0.15) is 10.4 Å². The van der Waals surface area contributed by atoms with Gasteiger partial charge in [0.25, 0.3) is 0 Å². The highest BCUT2D eigenvalue weighted by molar-refractivity contribution is 9.10. The van der Waals surface area contributed by atoms with E-state index in [0.717, 1.165) is 17.7 Å². The number of fused-ring (bicyclic) bond motifs is 1. The Morgan fingerprint density at radius 3 is 2.94 bits per heavy atom. The number of hydrogen-bond acceptors (Lipinski definition) is 2. The largest absolute Gasteiger partial charge is 0.317 e. The van der Waals surface area contributed by atoms with Crippen molar-refractivity contribution < 1.29 is 0 Å². The minimum absolute atomic E-state index is 0.581. The Morgan fingerprint density at radius 2 is 2.18 bits per heavy atom. The standard InChI is InChI=1S/C13H16BrN3/c1-9-4-7-17-11(8-9)12(14)16-13(17)10-2-5-15-6-3-10/h4,7-8,10,15H,2-3,5-6H2,1H3. The lowest BCUT2D eigenvalue weighted by atomic mass is 9.97. The summed E-state index contributed by atoms with van der Waals surface area (Å²) >= 11 is 3.57. The van der Waals surface area contributed by atoms with Crippen LogP contribution in [0.4, 0.5) is 0 Å². The van der Waals surface area contributed by atoms with E-state index in [1.54, 1.807) is 0 Å². The molecule has 3 rings (SSSR count). The van der Waals surface area contributed by atoms with Gasteiger partial charge in [0.15, 0.2) is 0 Å². The van der Waals surface area contributed by atoms with Gasteiger partial charge in [0.05, 0.1) is 5.52 Å². The Labute approximate surface area is 109 Å². The van der Waals surface area contributed by atoms with Crippen LogP contribution in [0.3, 0.4) is 0 Å². The molecule has 17 heavy (non-hydrogen) atoms. The zero-order valence-corrected chi connectivity index (χ0v) is 11.5. The molecule has 1 N–H and O–H groups in total. The highest BCUT2D eigenvalue weighted by Gasteiger charge is 2.21. The summed E-state index contributed by atoms with van der Waals surface area (Å²) in [6, 6.07) is 4.33. The molecule has 0 aliphatic carbocycles. The van der Waals surface area contributed by atoms with Crippen LogP contribution in [0.1, 0.15) is 30.1 Å². The number of nitrogens with zero attached hydrogens (tertiary/aromatic N) is 2. The summed E-state index contributed by atoms with van der Waals surface area (Å²) in [5, 5.41) is 3.40. The first-order valence-electron chi connectivity index (χ1n) is 6.10. The minimum Gasteiger partial charge on any atom is -0.317 e. The average molecular weight is 294 g/mol. The molecule has 0 unspecified atom stereocenters. The van der Waals surface area contributed by atoms with Gasteiger partial charge in [-0.2, -0.15) is 0 Å². The zero-order valence-electron chi connectivity index (χ0n) is 9.91. The van der Waals surface area contributed by atoms with Gasteiger partial charge in [0, 0.05) is 12.1 Å². The quantitative estimate of drug-likeness (QED) is 0.876. The van der Waals surface area contributed by atoms with Crippen LogP contribution in [-0.4, -0.2) is 22.5 Å². The number of pyridine rings is 1. The topological polar surface area (TPSA) is 29.3 Å². The maximum Gasteiger partial charge on any atom is 0.132 e. The SMILES string of the molecule is Cc1ccn2c(C3CCNCC3)nc(Br)c2c1. The van der Waals surface area contributed by atoms with Gasteiger partial charge in [0.2, 0.25) is 0 Å². The summed E-state index contributed by atoms with van der Waals surface area (Å²) in [5.41, 5.74) is 2.45. The van der Waals surface area contributed by atoms with Crippen LogP contribution in [0.15, 0.2) is 22.9 Å². The lowest BCUT2D eigenvalue weighted by Crippen LogP contribution is -2.27. The Morgan fingerprint density at radius 1 is 1.41 bits per heavy atom. The number of aryl methyl sites for hydroxylation is 1. The lowest BCUT2D eigenvalue weighted by Gasteiger charge is -2.21. The predicted molar refractivity (Wildman–Crippen MR) is 72.5 cm³/mol. The van der Waals surface area contributed by atoms with E-state index in [-0.39, 0.29) is 0 Å². The van der Waals surface area contributed by atoms with E-state index in [4.69, 9.17) is 4.98 Å². The van der Waals surface area contributed by atoms with Crippen LogP contribution in [0.2, 0.25) is 0 Å². The fourth-order valence-electron chi connectivity index (χ4n) is 2.54. The Hall–Kier alpha value is -0.870. The summed E-state index contributed by atoms with van der Waals surface area (Å²) in [6.07, 6.45) is 4.50. The second-order valence-electron chi connectivity index (χ2n) is 4.74. The summed E-state index contributed by atoms with van der Waals surface area (Å²) in [5.74, 6) is 1.78. The maximum atomic E-state index is 4.71. The smallest absolute Gasteiger partial charge is 0.132 e. The molecule has 90 valence electrons. The molecule has 1 aliphatic rings. The van der Waals surface area contributed by atoms with E-state index in [9.17, 15) is 0 Å². The first kappa shape index (κ1) is 11.2. The lowest BCUT2D eigenvalue weighted by molar-refractivity contribution is 0.444. The molecular formula is C13H16BrN3. The Balaban J connectivity index is 2.10. The number of aromatic nitrogens is 2. The molecule has 0 aromatic carbocycles. The number of piperidine rings is 1. The van der Waals surface area contributed by atoms with Crippen molar-refractivity contribution in [3.8, 4) is 0 Å². The van der Waals surface area contributed by atoms with E-state index in [2.05, 4.69) is 50.9 Å². The van der Waals surface area contributed by atoms with Crippen molar-refractivity contribution in [2.75, 3.05) is 13.1 Å². The monoisotopic (exact) mass is 293 g/mol. The van der Waals surface area contributed by atoms with Gasteiger partial charge in [-0.05, 0) is 66.5 Å². The number of nitrogens with one attached hydrogen (secondary N) is 1. The van der Waals surface area contributed by atoms with Gasteiger partial charge >= 0.3 is 0 Å². The Kier molecular flexibility index (Phi) is 2.92. The minimum atomic E-state index is 0.581. The molecule has 1 saturated heterocycles. The van der Waals surface area contributed by atoms with Crippen molar-refractivity contribution in [2.24, 2.45) is 0 Å². The van der Waals surface area contributed by atoms with E-state index in [1.165, 1.54) is 29.7 Å². The number of hydrogen-bond donors (Lipinski definition) is 1. The van der Waals surface area contributed by atoms with Crippen molar-refractivity contribution in [1.82, 2.24) is 14.7 Å². The van der Waals surface area contributed by atoms with Crippen LogP contribution in [0.5, 0.6) is 0 Å². The van der Waals surface area contributed by atoms with Gasteiger partial charge in [-0.25, -0.2) is 4.98 Å². The van der Waals surface area contributed by atoms with Crippen LogP contribution in [-0.2, 0) is 0 Å². The summed E-state index contributed by atoms with van der Waals surface area (Å²) in [7, 11) is 0. The molecule has 0 radical (unpaired) electrons. The molecule has 1 fully saturated rings. The number of halogens is 1. The summed E-state index contributed by atoms with van der Waals surface area (Å²) in [4.78, 5) is 4.71. The van der Waals surface area contributed by atoms with E-state index < -0.39 is 0 Å². The highest BCUT2D eigenvalue weighted by atomic mass is 79.9. The third kappa shape index (κ3) is 2.00. The van der Waals surface area contributed by atoms with Crippen molar-refractivity contribution >= 4 is 21.4 Å². The van der Waals surface area contributed by atoms with Crippen molar-refractivity contribution in [1.29, 1.82) is 0 Å². The van der Waals surface area contributed by atoms with Crippen molar-refractivity contribution in [2.45, 2.75) is 25.7 Å². The maximum absolute atomic E-state index is 4.71. The molecule has 3 heterocycles. The Bertz CT molecular complexity index is 541. The molecule has 4 heteroatoms. The molecule has 0 spiro atoms. The fourth-order valence-corrected chi connectivity index (χ4v) is 3.03. The van der Waals surface area contributed by atoms with Crippen molar-refractivity contribution in [3.63, 3.8) is 0 Å². The molecule has 0 atom stereocenters. The molecule has 3 nitrogen and oxygen atoms in total. The van der Waals surface area contributed by atoms with E-state index in [1.807, 2.05) is 0 Å². The first-order chi connectivity index (χ1) is 8.25. The number of rotatable bonds is 1. The van der Waals surface area contributed by atoms with Crippen LogP contribution in [0.25, 0.3) is 5.52 Å². The average Bonchev–Trinajstić information content (AvgIpc) is 2.68. The van der Waals surface area contributed by atoms with E-state index in [0.29, 0.717) is 5.92 Å². The molecule has 0 amide bonds. The first-order valence-corrected chi connectivity index (χ1v) is 6.90. The highest BCUT2D eigenvalue weighted by Crippen LogP contribution is 2.29. The summed E-state index contributed by atoms with van der Waals surface area (Å²) < 4.78 is 3.20. The fraction of sp³-hybridized carbons (Fsp3) is 0.462. The van der Waals surface area contributed by atoms with Crippen LogP contribution >= 0.6 is 15.9 Å². The zero-order chi connectivity index (χ0) is 11.8. The van der Waals surface area contributed by atoms with Gasteiger partial charge in [-0.3, -0.25) is 0 Å². The van der Waals surface area contributed by atoms with Crippen LogP contribution < -0.4 is 5.32 Å². The van der Waals surface area contributed by atoms with Crippen molar-refractivity contribution in [3.05, 3.63) is 34.3 Å².